The summed E-state index contributed by atoms with van der Waals surface area (Å²) < 4.78 is 28.9. The summed E-state index contributed by atoms with van der Waals surface area (Å²) in [4.78, 5) is 0.379. The Labute approximate surface area is 121 Å². The van der Waals surface area contributed by atoms with Gasteiger partial charge in [-0.05, 0) is 24.3 Å². The van der Waals surface area contributed by atoms with Crippen LogP contribution in [-0.2, 0) is 23.1 Å². The number of aryl methyl sites for hydroxylation is 1. The standard InChI is InChI=1S/C14H25N3O2S/c1-4-6-16-10-13(8-12(16)9-15)20(18,19)17-7-5-14(2,3)11-17/h8,10H,4-7,9,11,15H2,1-3H3. The van der Waals surface area contributed by atoms with Crippen LogP contribution in [0.5, 0.6) is 0 Å². The lowest BCUT2D eigenvalue weighted by molar-refractivity contribution is 0.375. The van der Waals surface area contributed by atoms with Gasteiger partial charge in [-0.2, -0.15) is 4.31 Å². The second-order valence-corrected chi connectivity index (χ2v) is 8.26. The molecule has 6 heteroatoms. The zero-order valence-corrected chi connectivity index (χ0v) is 13.4. The first-order chi connectivity index (χ1) is 9.30. The Kier molecular flexibility index (Phi) is 4.27. The summed E-state index contributed by atoms with van der Waals surface area (Å²) in [5, 5.41) is 0. The number of rotatable bonds is 5. The Morgan fingerprint density at radius 3 is 2.60 bits per heavy atom. The molecule has 1 aromatic rings. The third-order valence-corrected chi connectivity index (χ3v) is 5.73. The van der Waals surface area contributed by atoms with Crippen molar-refractivity contribution in [2.75, 3.05) is 13.1 Å². The Hall–Kier alpha value is -0.850. The van der Waals surface area contributed by atoms with E-state index in [0.717, 1.165) is 25.1 Å². The molecule has 2 N–H and O–H groups in total. The zero-order chi connectivity index (χ0) is 15.0. The van der Waals surface area contributed by atoms with Crippen molar-refractivity contribution in [2.24, 2.45) is 11.1 Å². The molecular formula is C14H25N3O2S. The van der Waals surface area contributed by atoms with E-state index in [9.17, 15) is 8.42 Å². The van der Waals surface area contributed by atoms with Crippen molar-refractivity contribution in [1.29, 1.82) is 0 Å². The van der Waals surface area contributed by atoms with E-state index in [1.165, 1.54) is 0 Å². The lowest BCUT2D eigenvalue weighted by Gasteiger charge is -2.19. The van der Waals surface area contributed by atoms with Gasteiger partial charge in [-0.3, -0.25) is 0 Å². The monoisotopic (exact) mass is 299 g/mol. The molecule has 0 aliphatic carbocycles. The molecule has 0 unspecified atom stereocenters. The molecule has 0 spiro atoms. The van der Waals surface area contributed by atoms with Crippen LogP contribution in [0.1, 0.15) is 39.3 Å². The molecule has 0 radical (unpaired) electrons. The molecule has 1 aliphatic rings. The van der Waals surface area contributed by atoms with Crippen LogP contribution < -0.4 is 5.73 Å². The van der Waals surface area contributed by atoms with Gasteiger partial charge < -0.3 is 10.3 Å². The Morgan fingerprint density at radius 2 is 2.10 bits per heavy atom. The van der Waals surface area contributed by atoms with Gasteiger partial charge in [0.2, 0.25) is 10.0 Å². The van der Waals surface area contributed by atoms with Gasteiger partial charge in [0.25, 0.3) is 0 Å². The van der Waals surface area contributed by atoms with Gasteiger partial charge in [0, 0.05) is 38.1 Å². The van der Waals surface area contributed by atoms with E-state index in [4.69, 9.17) is 5.73 Å². The van der Waals surface area contributed by atoms with Crippen LogP contribution in [0.4, 0.5) is 0 Å². The SMILES string of the molecule is CCCn1cc(S(=O)(=O)N2CCC(C)(C)C2)cc1CN. The van der Waals surface area contributed by atoms with E-state index in [1.807, 2.05) is 4.57 Å². The molecule has 1 saturated heterocycles. The summed E-state index contributed by atoms with van der Waals surface area (Å²) in [5.41, 5.74) is 6.65. The number of nitrogens with zero attached hydrogens (tertiary/aromatic N) is 2. The Bertz CT molecular complexity index is 575. The number of aromatic nitrogens is 1. The van der Waals surface area contributed by atoms with Gasteiger partial charge in [0.05, 0.1) is 0 Å². The molecule has 0 bridgehead atoms. The van der Waals surface area contributed by atoms with Crippen LogP contribution >= 0.6 is 0 Å². The van der Waals surface area contributed by atoms with Crippen molar-refractivity contribution in [3.8, 4) is 0 Å². The average Bonchev–Trinajstić information content (AvgIpc) is 2.93. The molecular weight excluding hydrogens is 274 g/mol. The topological polar surface area (TPSA) is 68.3 Å². The van der Waals surface area contributed by atoms with Crippen LogP contribution in [-0.4, -0.2) is 30.4 Å². The van der Waals surface area contributed by atoms with E-state index < -0.39 is 10.0 Å². The van der Waals surface area contributed by atoms with Crippen molar-refractivity contribution in [1.82, 2.24) is 8.87 Å². The van der Waals surface area contributed by atoms with Gasteiger partial charge in [-0.1, -0.05) is 20.8 Å². The molecule has 2 rings (SSSR count). The molecule has 0 saturated carbocycles. The molecule has 20 heavy (non-hydrogen) atoms. The minimum atomic E-state index is -3.38. The summed E-state index contributed by atoms with van der Waals surface area (Å²) >= 11 is 0. The highest BCUT2D eigenvalue weighted by Gasteiger charge is 2.37. The second kappa shape index (κ2) is 5.50. The summed E-state index contributed by atoms with van der Waals surface area (Å²) in [6.07, 6.45) is 3.59. The van der Waals surface area contributed by atoms with Crippen molar-refractivity contribution in [3.63, 3.8) is 0 Å². The highest BCUT2D eigenvalue weighted by atomic mass is 32.2. The first-order valence-electron chi connectivity index (χ1n) is 7.19. The molecule has 0 amide bonds. The van der Waals surface area contributed by atoms with Crippen LogP contribution in [0.25, 0.3) is 0 Å². The van der Waals surface area contributed by atoms with E-state index in [2.05, 4.69) is 20.8 Å². The molecule has 1 aromatic heterocycles. The number of nitrogens with two attached hydrogens (primary N) is 1. The summed E-state index contributed by atoms with van der Waals surface area (Å²) in [6.45, 7) is 8.64. The molecule has 1 fully saturated rings. The molecule has 0 aromatic carbocycles. The maximum Gasteiger partial charge on any atom is 0.244 e. The highest BCUT2D eigenvalue weighted by Crippen LogP contribution is 2.33. The molecule has 1 aliphatic heterocycles. The third-order valence-electron chi connectivity index (χ3n) is 3.91. The maximum atomic E-state index is 12.7. The summed E-state index contributed by atoms with van der Waals surface area (Å²) in [7, 11) is -3.38. The van der Waals surface area contributed by atoms with Gasteiger partial charge in [0.1, 0.15) is 4.90 Å². The fourth-order valence-electron chi connectivity index (χ4n) is 2.70. The minimum Gasteiger partial charge on any atom is -0.349 e. The first-order valence-corrected chi connectivity index (χ1v) is 8.63. The summed E-state index contributed by atoms with van der Waals surface area (Å²) in [5.74, 6) is 0. The summed E-state index contributed by atoms with van der Waals surface area (Å²) in [6, 6.07) is 1.72. The lowest BCUT2D eigenvalue weighted by atomic mass is 9.93. The van der Waals surface area contributed by atoms with E-state index in [0.29, 0.717) is 24.5 Å². The average molecular weight is 299 g/mol. The number of sulfonamides is 1. The zero-order valence-electron chi connectivity index (χ0n) is 12.6. The maximum absolute atomic E-state index is 12.7. The predicted molar refractivity (Wildman–Crippen MR) is 79.8 cm³/mol. The van der Waals surface area contributed by atoms with E-state index in [1.54, 1.807) is 16.6 Å². The van der Waals surface area contributed by atoms with Crippen LogP contribution in [0.15, 0.2) is 17.2 Å². The van der Waals surface area contributed by atoms with Crippen LogP contribution in [0.3, 0.4) is 0 Å². The van der Waals surface area contributed by atoms with Gasteiger partial charge in [0.15, 0.2) is 0 Å². The van der Waals surface area contributed by atoms with Gasteiger partial charge in [-0.25, -0.2) is 8.42 Å². The fourth-order valence-corrected chi connectivity index (χ4v) is 4.40. The third kappa shape index (κ3) is 2.92. The van der Waals surface area contributed by atoms with E-state index >= 15 is 0 Å². The Morgan fingerprint density at radius 1 is 1.40 bits per heavy atom. The molecule has 114 valence electrons. The van der Waals surface area contributed by atoms with Gasteiger partial charge in [-0.15, -0.1) is 0 Å². The van der Waals surface area contributed by atoms with Gasteiger partial charge >= 0.3 is 0 Å². The second-order valence-electron chi connectivity index (χ2n) is 6.32. The number of hydrogen-bond donors (Lipinski definition) is 1. The molecule has 5 nitrogen and oxygen atoms in total. The van der Waals surface area contributed by atoms with Crippen molar-refractivity contribution < 1.29 is 8.42 Å². The normalized spacial score (nSPS) is 19.6. The van der Waals surface area contributed by atoms with Crippen molar-refractivity contribution in [3.05, 3.63) is 18.0 Å². The largest absolute Gasteiger partial charge is 0.349 e. The lowest BCUT2D eigenvalue weighted by Crippen LogP contribution is -2.30. The van der Waals surface area contributed by atoms with Crippen molar-refractivity contribution in [2.45, 2.75) is 51.6 Å². The van der Waals surface area contributed by atoms with E-state index in [-0.39, 0.29) is 5.41 Å². The molecule has 2 heterocycles. The fraction of sp³-hybridized carbons (Fsp3) is 0.714. The quantitative estimate of drug-likeness (QED) is 0.901. The number of hydrogen-bond acceptors (Lipinski definition) is 3. The predicted octanol–water partition coefficient (Wildman–Crippen LogP) is 1.78. The smallest absolute Gasteiger partial charge is 0.244 e. The van der Waals surface area contributed by atoms with Crippen molar-refractivity contribution >= 4 is 10.0 Å². The minimum absolute atomic E-state index is 0.0652. The van der Waals surface area contributed by atoms with Crippen LogP contribution in [0, 0.1) is 5.41 Å². The molecule has 0 atom stereocenters. The highest BCUT2D eigenvalue weighted by molar-refractivity contribution is 7.89. The first kappa shape index (κ1) is 15.5. The Balaban J connectivity index is 2.30. The van der Waals surface area contributed by atoms with Crippen LogP contribution in [0.2, 0.25) is 0 Å².